The van der Waals surface area contributed by atoms with Crippen LogP contribution in [0.3, 0.4) is 0 Å². The fourth-order valence-electron chi connectivity index (χ4n) is 2.81. The summed E-state index contributed by atoms with van der Waals surface area (Å²) in [5.74, 6) is 1.60. The summed E-state index contributed by atoms with van der Waals surface area (Å²) in [5, 5.41) is 3.82. The van der Waals surface area contributed by atoms with Gasteiger partial charge in [-0.2, -0.15) is 0 Å². The normalized spacial score (nSPS) is 13.6. The summed E-state index contributed by atoms with van der Waals surface area (Å²) in [6, 6.07) is 0.345. The van der Waals surface area contributed by atoms with Crippen LogP contribution in [0.1, 0.15) is 43.3 Å². The summed E-state index contributed by atoms with van der Waals surface area (Å²) < 4.78 is 2.14. The summed E-state index contributed by atoms with van der Waals surface area (Å²) in [7, 11) is 1.87. The van der Waals surface area contributed by atoms with E-state index in [2.05, 4.69) is 38.7 Å². The van der Waals surface area contributed by atoms with Gasteiger partial charge in [0.15, 0.2) is 5.16 Å². The average molecular weight is 319 g/mol. The van der Waals surface area contributed by atoms with Crippen molar-refractivity contribution in [3.05, 3.63) is 33.6 Å². The molecule has 0 fully saturated rings. The number of hydrogen-bond acceptors (Lipinski definition) is 5. The first-order valence-corrected chi connectivity index (χ1v) is 8.57. The molecule has 0 radical (unpaired) electrons. The van der Waals surface area contributed by atoms with Crippen molar-refractivity contribution in [3.63, 3.8) is 0 Å². The molecule has 3 rings (SSSR count). The van der Waals surface area contributed by atoms with E-state index >= 15 is 0 Å². The Labute approximate surface area is 133 Å². The molecule has 118 valence electrons. The molecular weight excluding hydrogens is 298 g/mol. The number of aryl methyl sites for hydroxylation is 1. The number of rotatable bonds is 5. The molecule has 22 heavy (non-hydrogen) atoms. The van der Waals surface area contributed by atoms with Gasteiger partial charge in [0.25, 0.3) is 5.56 Å². The molecule has 0 bridgehead atoms. The number of nitrogens with one attached hydrogen (secondary N) is 2. The van der Waals surface area contributed by atoms with Crippen molar-refractivity contribution in [2.75, 3.05) is 12.4 Å². The van der Waals surface area contributed by atoms with Gasteiger partial charge in [-0.3, -0.25) is 4.79 Å². The van der Waals surface area contributed by atoms with Crippen molar-refractivity contribution in [1.82, 2.24) is 19.5 Å². The van der Waals surface area contributed by atoms with Crippen molar-refractivity contribution in [1.29, 1.82) is 0 Å². The van der Waals surface area contributed by atoms with Gasteiger partial charge in [-0.1, -0.05) is 11.8 Å². The molecule has 0 amide bonds. The predicted octanol–water partition coefficient (Wildman–Crippen LogP) is 2.37. The van der Waals surface area contributed by atoms with Crippen molar-refractivity contribution in [2.24, 2.45) is 0 Å². The molecule has 2 aromatic heterocycles. The van der Waals surface area contributed by atoms with Crippen LogP contribution in [0.25, 0.3) is 0 Å². The summed E-state index contributed by atoms with van der Waals surface area (Å²) in [6.07, 6.45) is 4.65. The van der Waals surface area contributed by atoms with Crippen LogP contribution in [-0.4, -0.2) is 26.6 Å². The van der Waals surface area contributed by atoms with Gasteiger partial charge in [0, 0.05) is 24.4 Å². The largest absolute Gasteiger partial charge is 0.372 e. The van der Waals surface area contributed by atoms with Crippen LogP contribution in [0, 0.1) is 0 Å². The molecule has 2 aromatic rings. The predicted molar refractivity (Wildman–Crippen MR) is 88.6 cm³/mol. The Balaban J connectivity index is 1.83. The molecule has 0 saturated carbocycles. The van der Waals surface area contributed by atoms with Crippen LogP contribution in [0.2, 0.25) is 0 Å². The first-order valence-electron chi connectivity index (χ1n) is 7.58. The van der Waals surface area contributed by atoms with Crippen LogP contribution in [0.15, 0.2) is 16.3 Å². The Bertz CT molecular complexity index is 734. The molecule has 2 N–H and O–H groups in total. The Morgan fingerprint density at radius 1 is 1.45 bits per heavy atom. The molecule has 0 aliphatic heterocycles. The first-order chi connectivity index (χ1) is 10.6. The van der Waals surface area contributed by atoms with Gasteiger partial charge < -0.3 is 14.9 Å². The summed E-state index contributed by atoms with van der Waals surface area (Å²) >= 11 is 1.55. The topological polar surface area (TPSA) is 75.6 Å². The molecule has 2 heterocycles. The van der Waals surface area contributed by atoms with Crippen molar-refractivity contribution in [3.8, 4) is 0 Å². The van der Waals surface area contributed by atoms with E-state index in [9.17, 15) is 4.79 Å². The Morgan fingerprint density at radius 3 is 3.00 bits per heavy atom. The molecule has 1 aliphatic rings. The highest BCUT2D eigenvalue weighted by atomic mass is 32.2. The van der Waals surface area contributed by atoms with Crippen molar-refractivity contribution in [2.45, 2.75) is 50.1 Å². The molecule has 0 unspecified atom stereocenters. The highest BCUT2D eigenvalue weighted by Crippen LogP contribution is 2.27. The highest BCUT2D eigenvalue weighted by molar-refractivity contribution is 7.98. The highest BCUT2D eigenvalue weighted by Gasteiger charge is 2.18. The number of aromatic amines is 1. The van der Waals surface area contributed by atoms with Crippen LogP contribution >= 0.6 is 11.8 Å². The van der Waals surface area contributed by atoms with Crippen LogP contribution in [-0.2, 0) is 18.6 Å². The third-order valence-corrected chi connectivity index (χ3v) is 4.84. The summed E-state index contributed by atoms with van der Waals surface area (Å²) in [4.78, 5) is 23.9. The number of nitrogens with zero attached hydrogens (tertiary/aromatic N) is 3. The Morgan fingerprint density at radius 2 is 2.27 bits per heavy atom. The molecule has 0 atom stereocenters. The SMILES string of the molecule is CNc1ncn(C(C)C)c1CSc1nc2c(c(=O)[nH]1)CCC2. The molecule has 0 aromatic carbocycles. The van der Waals surface area contributed by atoms with E-state index in [0.29, 0.717) is 11.2 Å². The average Bonchev–Trinajstić information content (AvgIpc) is 3.11. The second-order valence-electron chi connectivity index (χ2n) is 5.73. The third kappa shape index (κ3) is 2.77. The lowest BCUT2D eigenvalue weighted by Gasteiger charge is -2.12. The molecule has 0 spiro atoms. The fourth-order valence-corrected chi connectivity index (χ4v) is 3.71. The van der Waals surface area contributed by atoms with Crippen LogP contribution in [0.4, 0.5) is 5.82 Å². The smallest absolute Gasteiger partial charge is 0.254 e. The van der Waals surface area contributed by atoms with E-state index in [-0.39, 0.29) is 5.56 Å². The minimum absolute atomic E-state index is 0.0243. The molecule has 6 nitrogen and oxygen atoms in total. The molecule has 7 heteroatoms. The lowest BCUT2D eigenvalue weighted by Crippen LogP contribution is -2.15. The first kappa shape index (κ1) is 15.1. The zero-order chi connectivity index (χ0) is 15.7. The molecule has 0 saturated heterocycles. The van der Waals surface area contributed by atoms with E-state index in [1.807, 2.05) is 13.4 Å². The number of H-pyrrole nitrogens is 1. The van der Waals surface area contributed by atoms with Gasteiger partial charge in [-0.15, -0.1) is 0 Å². The van der Waals surface area contributed by atoms with Gasteiger partial charge in [0.2, 0.25) is 0 Å². The van der Waals surface area contributed by atoms with E-state index in [4.69, 9.17) is 0 Å². The monoisotopic (exact) mass is 319 g/mol. The quantitative estimate of drug-likeness (QED) is 0.653. The number of hydrogen-bond donors (Lipinski definition) is 2. The fraction of sp³-hybridized carbons (Fsp3) is 0.533. The molecular formula is C15H21N5OS. The maximum Gasteiger partial charge on any atom is 0.254 e. The number of thioether (sulfide) groups is 1. The number of imidazole rings is 1. The van der Waals surface area contributed by atoms with Gasteiger partial charge in [-0.05, 0) is 33.1 Å². The van der Waals surface area contributed by atoms with Crippen LogP contribution < -0.4 is 10.9 Å². The Kier molecular flexibility index (Phi) is 4.24. The van der Waals surface area contributed by atoms with E-state index in [1.54, 1.807) is 11.8 Å². The maximum atomic E-state index is 12.1. The summed E-state index contributed by atoms with van der Waals surface area (Å²) in [5.41, 5.74) is 2.98. The number of anilines is 1. The second-order valence-corrected chi connectivity index (χ2v) is 6.69. The number of fused-ring (bicyclic) bond motifs is 1. The zero-order valence-electron chi connectivity index (χ0n) is 13.1. The maximum absolute atomic E-state index is 12.1. The lowest BCUT2D eigenvalue weighted by molar-refractivity contribution is 0.584. The van der Waals surface area contributed by atoms with Crippen molar-refractivity contribution >= 4 is 17.6 Å². The minimum Gasteiger partial charge on any atom is -0.372 e. The third-order valence-electron chi connectivity index (χ3n) is 3.95. The Hall–Kier alpha value is -1.76. The van der Waals surface area contributed by atoms with E-state index in [0.717, 1.165) is 47.8 Å². The van der Waals surface area contributed by atoms with E-state index in [1.165, 1.54) is 0 Å². The number of aromatic nitrogens is 4. The molecule has 1 aliphatic carbocycles. The second kappa shape index (κ2) is 6.16. The van der Waals surface area contributed by atoms with Gasteiger partial charge in [0.05, 0.1) is 17.7 Å². The standard InChI is InChI=1S/C15H21N5OS/c1-9(2)20-8-17-13(16-3)12(20)7-22-15-18-11-6-4-5-10(11)14(21)19-15/h8-9,16H,4-7H2,1-3H3,(H,18,19,21). The van der Waals surface area contributed by atoms with Gasteiger partial charge >= 0.3 is 0 Å². The van der Waals surface area contributed by atoms with Gasteiger partial charge in [-0.25, -0.2) is 9.97 Å². The van der Waals surface area contributed by atoms with Gasteiger partial charge in [0.1, 0.15) is 5.82 Å². The summed E-state index contributed by atoms with van der Waals surface area (Å²) in [6.45, 7) is 4.26. The van der Waals surface area contributed by atoms with Crippen LogP contribution in [0.5, 0.6) is 0 Å². The minimum atomic E-state index is 0.0243. The van der Waals surface area contributed by atoms with Crippen molar-refractivity contribution < 1.29 is 0 Å². The van der Waals surface area contributed by atoms with E-state index < -0.39 is 0 Å². The zero-order valence-corrected chi connectivity index (χ0v) is 14.0. The lowest BCUT2D eigenvalue weighted by atomic mass is 10.3.